The summed E-state index contributed by atoms with van der Waals surface area (Å²) in [5, 5.41) is 11.6. The number of carboxylic acid groups (broad SMARTS) is 1. The molecule has 2 fully saturated rings. The van der Waals surface area contributed by atoms with Gasteiger partial charge in [-0.05, 0) is 32.1 Å². The van der Waals surface area contributed by atoms with Crippen molar-refractivity contribution in [2.45, 2.75) is 57.5 Å². The molecule has 2 rings (SSSR count). The van der Waals surface area contributed by atoms with Crippen LogP contribution in [0.1, 0.15) is 45.4 Å². The number of nitrogens with zero attached hydrogens (tertiary/aromatic N) is 1. The van der Waals surface area contributed by atoms with E-state index in [-0.39, 0.29) is 17.7 Å². The zero-order valence-electron chi connectivity index (χ0n) is 11.8. The molecule has 2 aliphatic rings. The van der Waals surface area contributed by atoms with Gasteiger partial charge in [0.15, 0.2) is 0 Å². The van der Waals surface area contributed by atoms with Crippen LogP contribution in [0.25, 0.3) is 0 Å². The van der Waals surface area contributed by atoms with E-state index in [4.69, 9.17) is 5.11 Å². The predicted molar refractivity (Wildman–Crippen MR) is 71.9 cm³/mol. The van der Waals surface area contributed by atoms with E-state index in [1.54, 1.807) is 4.90 Å². The number of hydrogen-bond acceptors (Lipinski definition) is 3. The lowest BCUT2D eigenvalue weighted by Gasteiger charge is -2.25. The Bertz CT molecular complexity index is 406. The maximum Gasteiger partial charge on any atom is 0.326 e. The first-order chi connectivity index (χ1) is 9.54. The average molecular weight is 282 g/mol. The van der Waals surface area contributed by atoms with E-state index in [1.165, 1.54) is 0 Å². The lowest BCUT2D eigenvalue weighted by atomic mass is 10.1. The van der Waals surface area contributed by atoms with E-state index in [2.05, 4.69) is 5.32 Å². The molecule has 112 valence electrons. The van der Waals surface area contributed by atoms with Crippen molar-refractivity contribution in [1.29, 1.82) is 0 Å². The van der Waals surface area contributed by atoms with E-state index in [9.17, 15) is 14.4 Å². The molecule has 2 amide bonds. The fraction of sp³-hybridized carbons (Fsp3) is 0.786. The molecule has 1 saturated heterocycles. The van der Waals surface area contributed by atoms with Crippen molar-refractivity contribution in [3.8, 4) is 0 Å². The summed E-state index contributed by atoms with van der Waals surface area (Å²) in [6, 6.07) is -1.34. The van der Waals surface area contributed by atoms with E-state index in [0.717, 1.165) is 19.3 Å². The summed E-state index contributed by atoms with van der Waals surface area (Å²) >= 11 is 0. The number of amides is 2. The van der Waals surface area contributed by atoms with E-state index in [0.29, 0.717) is 25.8 Å². The molecular weight excluding hydrogens is 260 g/mol. The summed E-state index contributed by atoms with van der Waals surface area (Å²) in [5.41, 5.74) is 0. The minimum Gasteiger partial charge on any atom is -0.480 e. The molecule has 0 radical (unpaired) electrons. The SMILES string of the molecule is CCC[C@@H](NC(=O)C1CCCN1C(=O)C1CC1)C(=O)O. The molecule has 1 aliphatic carbocycles. The van der Waals surface area contributed by atoms with Crippen LogP contribution < -0.4 is 5.32 Å². The first-order valence-electron chi connectivity index (χ1n) is 7.38. The molecule has 0 aromatic rings. The van der Waals surface area contributed by atoms with Gasteiger partial charge in [-0.15, -0.1) is 0 Å². The summed E-state index contributed by atoms with van der Waals surface area (Å²) in [4.78, 5) is 37.0. The average Bonchev–Trinajstić information content (AvgIpc) is 3.14. The number of carbonyl (C=O) groups excluding carboxylic acids is 2. The second-order valence-electron chi connectivity index (χ2n) is 5.65. The number of nitrogens with one attached hydrogen (secondary N) is 1. The van der Waals surface area contributed by atoms with Gasteiger partial charge < -0.3 is 15.3 Å². The fourth-order valence-electron chi connectivity index (χ4n) is 2.68. The van der Waals surface area contributed by atoms with Crippen LogP contribution in [-0.4, -0.2) is 46.4 Å². The smallest absolute Gasteiger partial charge is 0.326 e. The standard InChI is InChI=1S/C14H22N2O4/c1-2-4-10(14(19)20)15-12(17)11-5-3-8-16(11)13(18)9-6-7-9/h9-11H,2-8H2,1H3,(H,15,17)(H,19,20)/t10-,11?/m1/s1. The van der Waals surface area contributed by atoms with Crippen LogP contribution in [0.2, 0.25) is 0 Å². The van der Waals surface area contributed by atoms with Gasteiger partial charge in [0.2, 0.25) is 11.8 Å². The molecule has 2 N–H and O–H groups in total. The van der Waals surface area contributed by atoms with E-state index < -0.39 is 18.1 Å². The number of aliphatic carboxylic acids is 1. The van der Waals surface area contributed by atoms with Crippen LogP contribution >= 0.6 is 0 Å². The molecule has 1 unspecified atom stereocenters. The second kappa shape index (κ2) is 6.24. The molecule has 1 aliphatic heterocycles. The zero-order valence-corrected chi connectivity index (χ0v) is 11.8. The van der Waals surface area contributed by atoms with Gasteiger partial charge in [-0.3, -0.25) is 9.59 Å². The molecule has 0 spiro atoms. The summed E-state index contributed by atoms with van der Waals surface area (Å²) in [6.45, 7) is 2.49. The summed E-state index contributed by atoms with van der Waals surface area (Å²) < 4.78 is 0. The minimum atomic E-state index is -1.02. The van der Waals surface area contributed by atoms with Gasteiger partial charge in [-0.2, -0.15) is 0 Å². The number of likely N-dealkylation sites (tertiary alicyclic amines) is 1. The molecule has 2 atom stereocenters. The first-order valence-corrected chi connectivity index (χ1v) is 7.38. The molecule has 1 heterocycles. The molecular formula is C14H22N2O4. The number of hydrogen-bond donors (Lipinski definition) is 2. The van der Waals surface area contributed by atoms with Crippen LogP contribution in [-0.2, 0) is 14.4 Å². The normalized spacial score (nSPS) is 23.4. The van der Waals surface area contributed by atoms with Gasteiger partial charge in [-0.1, -0.05) is 13.3 Å². The molecule has 6 nitrogen and oxygen atoms in total. The van der Waals surface area contributed by atoms with Crippen molar-refractivity contribution >= 4 is 17.8 Å². The maximum atomic E-state index is 12.2. The Balaban J connectivity index is 1.96. The third-order valence-corrected chi connectivity index (χ3v) is 3.96. The minimum absolute atomic E-state index is 0.0602. The number of carbonyl (C=O) groups is 3. The van der Waals surface area contributed by atoms with Crippen molar-refractivity contribution in [3.63, 3.8) is 0 Å². The Morgan fingerprint density at radius 1 is 1.30 bits per heavy atom. The molecule has 6 heteroatoms. The van der Waals surface area contributed by atoms with Crippen molar-refractivity contribution in [1.82, 2.24) is 10.2 Å². The summed E-state index contributed by atoms with van der Waals surface area (Å²) in [6.07, 6.45) is 4.36. The molecule has 0 aromatic carbocycles. The van der Waals surface area contributed by atoms with Crippen LogP contribution in [0.5, 0.6) is 0 Å². The van der Waals surface area contributed by atoms with Gasteiger partial charge >= 0.3 is 5.97 Å². The molecule has 0 bridgehead atoms. The Kier molecular flexibility index (Phi) is 4.62. The number of rotatable bonds is 6. The Morgan fingerprint density at radius 2 is 2.00 bits per heavy atom. The fourth-order valence-corrected chi connectivity index (χ4v) is 2.68. The van der Waals surface area contributed by atoms with E-state index >= 15 is 0 Å². The molecule has 1 saturated carbocycles. The van der Waals surface area contributed by atoms with Crippen molar-refractivity contribution < 1.29 is 19.5 Å². The molecule has 0 aromatic heterocycles. The maximum absolute atomic E-state index is 12.2. The topological polar surface area (TPSA) is 86.7 Å². The van der Waals surface area contributed by atoms with Gasteiger partial charge in [-0.25, -0.2) is 4.79 Å². The Labute approximate surface area is 118 Å². The van der Waals surface area contributed by atoms with E-state index in [1.807, 2.05) is 6.92 Å². The molecule has 20 heavy (non-hydrogen) atoms. The van der Waals surface area contributed by atoms with Crippen LogP contribution in [0.4, 0.5) is 0 Å². The highest BCUT2D eigenvalue weighted by Crippen LogP contribution is 2.33. The highest BCUT2D eigenvalue weighted by Gasteiger charge is 2.41. The Morgan fingerprint density at radius 3 is 2.55 bits per heavy atom. The van der Waals surface area contributed by atoms with Crippen molar-refractivity contribution in [3.05, 3.63) is 0 Å². The lowest BCUT2D eigenvalue weighted by Crippen LogP contribution is -2.51. The van der Waals surface area contributed by atoms with Crippen molar-refractivity contribution in [2.24, 2.45) is 5.92 Å². The third-order valence-electron chi connectivity index (χ3n) is 3.96. The second-order valence-corrected chi connectivity index (χ2v) is 5.65. The van der Waals surface area contributed by atoms with Gasteiger partial charge in [0, 0.05) is 12.5 Å². The zero-order chi connectivity index (χ0) is 14.7. The highest BCUT2D eigenvalue weighted by atomic mass is 16.4. The van der Waals surface area contributed by atoms with Gasteiger partial charge in [0.05, 0.1) is 0 Å². The van der Waals surface area contributed by atoms with Crippen LogP contribution in [0.3, 0.4) is 0 Å². The van der Waals surface area contributed by atoms with Gasteiger partial charge in [0.1, 0.15) is 12.1 Å². The summed E-state index contributed by atoms with van der Waals surface area (Å²) in [5.74, 6) is -1.19. The number of carboxylic acids is 1. The lowest BCUT2D eigenvalue weighted by molar-refractivity contribution is -0.144. The quantitative estimate of drug-likeness (QED) is 0.753. The monoisotopic (exact) mass is 282 g/mol. The van der Waals surface area contributed by atoms with Crippen molar-refractivity contribution in [2.75, 3.05) is 6.54 Å². The first kappa shape index (κ1) is 14.8. The predicted octanol–water partition coefficient (Wildman–Crippen LogP) is 0.757. The third kappa shape index (κ3) is 3.29. The van der Waals surface area contributed by atoms with Gasteiger partial charge in [0.25, 0.3) is 0 Å². The van der Waals surface area contributed by atoms with Crippen LogP contribution in [0.15, 0.2) is 0 Å². The van der Waals surface area contributed by atoms with Crippen LogP contribution in [0, 0.1) is 5.92 Å². The summed E-state index contributed by atoms with van der Waals surface area (Å²) in [7, 11) is 0. The Hall–Kier alpha value is -1.59. The largest absolute Gasteiger partial charge is 0.480 e. The highest BCUT2D eigenvalue weighted by molar-refractivity contribution is 5.92.